The number of hydrogen-bond acceptors (Lipinski definition) is 1. The number of rotatable bonds is 1. The Labute approximate surface area is 147 Å². The van der Waals surface area contributed by atoms with E-state index in [4.69, 9.17) is 0 Å². The summed E-state index contributed by atoms with van der Waals surface area (Å²) in [5.74, 6) is -1.77. The van der Waals surface area contributed by atoms with E-state index in [0.29, 0.717) is 15.7 Å². The SMILES string of the molecule is CC(C)(C)n1nc[c-]c1-c1cc(F)c(F)cc1Br.[Cl-].[Mg+2]. The van der Waals surface area contributed by atoms with E-state index in [2.05, 4.69) is 27.1 Å². The molecule has 7 heteroatoms. The van der Waals surface area contributed by atoms with Gasteiger partial charge in [-0.15, -0.1) is 5.56 Å². The maximum atomic E-state index is 13.3. The van der Waals surface area contributed by atoms with Crippen LogP contribution in [0.3, 0.4) is 0 Å². The first kappa shape index (κ1) is 19.8. The molecule has 104 valence electrons. The summed E-state index contributed by atoms with van der Waals surface area (Å²) in [6.07, 6.45) is 1.52. The van der Waals surface area contributed by atoms with Gasteiger partial charge in [0.1, 0.15) is 5.82 Å². The second-order valence-electron chi connectivity index (χ2n) is 4.97. The van der Waals surface area contributed by atoms with Crippen molar-refractivity contribution in [2.45, 2.75) is 26.3 Å². The van der Waals surface area contributed by atoms with Gasteiger partial charge in [0, 0.05) is 0 Å². The van der Waals surface area contributed by atoms with Crippen LogP contribution in [0.15, 0.2) is 22.8 Å². The Morgan fingerprint density at radius 3 is 2.30 bits per heavy atom. The summed E-state index contributed by atoms with van der Waals surface area (Å²) in [5.41, 5.74) is 0.884. The molecular formula is C13H12BrClF2MgN2. The number of benzene rings is 1. The monoisotopic (exact) mass is 372 g/mol. The molecule has 0 atom stereocenters. The van der Waals surface area contributed by atoms with Gasteiger partial charge in [0.2, 0.25) is 0 Å². The normalized spacial score (nSPS) is 10.7. The first-order chi connectivity index (χ1) is 8.30. The number of nitrogens with zero attached hydrogens (tertiary/aromatic N) is 2. The molecule has 0 saturated carbocycles. The molecule has 0 bridgehead atoms. The number of halogens is 4. The van der Waals surface area contributed by atoms with E-state index in [1.54, 1.807) is 4.68 Å². The third-order valence-electron chi connectivity index (χ3n) is 2.49. The van der Waals surface area contributed by atoms with Crippen molar-refractivity contribution in [1.29, 1.82) is 0 Å². The van der Waals surface area contributed by atoms with Crippen molar-refractivity contribution < 1.29 is 21.2 Å². The van der Waals surface area contributed by atoms with Crippen molar-refractivity contribution in [3.05, 3.63) is 40.5 Å². The van der Waals surface area contributed by atoms with Gasteiger partial charge < -0.3 is 12.4 Å². The molecule has 1 aromatic heterocycles. The summed E-state index contributed by atoms with van der Waals surface area (Å²) < 4.78 is 28.6. The van der Waals surface area contributed by atoms with Crippen LogP contribution in [0, 0.1) is 17.7 Å². The zero-order valence-corrected chi connectivity index (χ0v) is 15.1. The maximum Gasteiger partial charge on any atom is 2.00 e. The molecule has 1 aromatic carbocycles. The maximum absolute atomic E-state index is 13.3. The molecule has 0 aliphatic rings. The Morgan fingerprint density at radius 1 is 1.20 bits per heavy atom. The van der Waals surface area contributed by atoms with Gasteiger partial charge in [-0.05, 0) is 33.0 Å². The third kappa shape index (κ3) is 3.93. The van der Waals surface area contributed by atoms with Crippen LogP contribution < -0.4 is 12.4 Å². The van der Waals surface area contributed by atoms with E-state index in [0.717, 1.165) is 12.1 Å². The van der Waals surface area contributed by atoms with Crippen LogP contribution in [-0.4, -0.2) is 32.8 Å². The Balaban J connectivity index is 0.00000180. The summed E-state index contributed by atoms with van der Waals surface area (Å²) >= 11 is 3.24. The minimum atomic E-state index is -0.886. The quantitative estimate of drug-likeness (QED) is 0.410. The summed E-state index contributed by atoms with van der Waals surface area (Å²) in [6.45, 7) is 5.93. The zero-order valence-electron chi connectivity index (χ0n) is 11.3. The third-order valence-corrected chi connectivity index (χ3v) is 3.14. The van der Waals surface area contributed by atoms with Gasteiger partial charge in [-0.1, -0.05) is 32.2 Å². The summed E-state index contributed by atoms with van der Waals surface area (Å²) in [5, 5.41) is 4.18. The van der Waals surface area contributed by atoms with Gasteiger partial charge in [-0.25, -0.2) is 19.9 Å². The average molecular weight is 374 g/mol. The molecule has 2 rings (SSSR count). The van der Waals surface area contributed by atoms with E-state index in [9.17, 15) is 8.78 Å². The van der Waals surface area contributed by atoms with Crippen LogP contribution in [0.5, 0.6) is 0 Å². The van der Waals surface area contributed by atoms with Crippen molar-refractivity contribution >= 4 is 39.0 Å². The molecule has 0 fully saturated rings. The zero-order chi connectivity index (χ0) is 13.5. The van der Waals surface area contributed by atoms with Crippen molar-refractivity contribution in [1.82, 2.24) is 9.78 Å². The van der Waals surface area contributed by atoms with Crippen molar-refractivity contribution in [3.63, 3.8) is 0 Å². The van der Waals surface area contributed by atoms with E-state index in [1.807, 2.05) is 20.8 Å². The van der Waals surface area contributed by atoms with Crippen molar-refractivity contribution in [2.24, 2.45) is 0 Å². The smallest absolute Gasteiger partial charge is 1.00 e. The van der Waals surface area contributed by atoms with Crippen LogP contribution in [-0.2, 0) is 5.54 Å². The molecule has 20 heavy (non-hydrogen) atoms. The molecule has 2 aromatic rings. The molecule has 0 aliphatic heterocycles. The molecule has 0 unspecified atom stereocenters. The van der Waals surface area contributed by atoms with Crippen LogP contribution in [0.4, 0.5) is 8.78 Å². The predicted octanol–water partition coefficient (Wildman–Crippen LogP) is 0.769. The minimum absolute atomic E-state index is 0. The fourth-order valence-electron chi connectivity index (χ4n) is 1.67. The van der Waals surface area contributed by atoms with Gasteiger partial charge in [0.15, 0.2) is 5.82 Å². The van der Waals surface area contributed by atoms with Gasteiger partial charge in [-0.3, -0.25) is 4.68 Å². The standard InChI is InChI=1S/C13H12BrF2N2.ClH.Mg/c1-13(2,3)18-12(4-5-17-18)8-6-10(15)11(16)7-9(8)14;;/h5-7H,1-3H3;1H;/q-1;;+2/p-1. The van der Waals surface area contributed by atoms with Crippen molar-refractivity contribution in [3.8, 4) is 11.3 Å². The van der Waals surface area contributed by atoms with Gasteiger partial charge >= 0.3 is 23.1 Å². The van der Waals surface area contributed by atoms with Gasteiger partial charge in [-0.2, -0.15) is 0 Å². The van der Waals surface area contributed by atoms with Crippen LogP contribution in [0.1, 0.15) is 20.8 Å². The Hall–Kier alpha value is -0.174. The summed E-state index contributed by atoms with van der Waals surface area (Å²) in [6, 6.07) is 5.21. The van der Waals surface area contributed by atoms with Crippen LogP contribution in [0.25, 0.3) is 11.3 Å². The van der Waals surface area contributed by atoms with Gasteiger partial charge in [0.25, 0.3) is 0 Å². The predicted molar refractivity (Wildman–Crippen MR) is 74.9 cm³/mol. The van der Waals surface area contributed by atoms with E-state index in [1.165, 1.54) is 6.20 Å². The van der Waals surface area contributed by atoms with E-state index in [-0.39, 0.29) is 41.0 Å². The van der Waals surface area contributed by atoms with Crippen LogP contribution >= 0.6 is 15.9 Å². The fraction of sp³-hybridized carbons (Fsp3) is 0.308. The topological polar surface area (TPSA) is 17.8 Å². The molecule has 0 spiro atoms. The first-order valence-electron chi connectivity index (χ1n) is 5.42. The molecular weight excluding hydrogens is 362 g/mol. The molecule has 0 saturated heterocycles. The Kier molecular flexibility index (Phi) is 7.14. The number of hydrogen-bond donors (Lipinski definition) is 0. The van der Waals surface area contributed by atoms with E-state index >= 15 is 0 Å². The van der Waals surface area contributed by atoms with Gasteiger partial charge in [0.05, 0.1) is 5.54 Å². The fourth-order valence-corrected chi connectivity index (χ4v) is 2.17. The molecule has 1 heterocycles. The minimum Gasteiger partial charge on any atom is -1.00 e. The largest absolute Gasteiger partial charge is 2.00 e. The molecule has 2 nitrogen and oxygen atoms in total. The number of aromatic nitrogens is 2. The van der Waals surface area contributed by atoms with Crippen LogP contribution in [0.2, 0.25) is 0 Å². The average Bonchev–Trinajstić information content (AvgIpc) is 2.71. The molecule has 0 aliphatic carbocycles. The Morgan fingerprint density at radius 2 is 1.75 bits per heavy atom. The summed E-state index contributed by atoms with van der Waals surface area (Å²) in [7, 11) is 0. The first-order valence-corrected chi connectivity index (χ1v) is 6.21. The molecule has 0 amide bonds. The second-order valence-corrected chi connectivity index (χ2v) is 5.82. The van der Waals surface area contributed by atoms with E-state index < -0.39 is 11.6 Å². The second kappa shape index (κ2) is 7.20. The van der Waals surface area contributed by atoms with Crippen molar-refractivity contribution in [2.75, 3.05) is 0 Å². The molecule has 0 radical (unpaired) electrons. The Bertz CT molecular complexity index is 597. The summed E-state index contributed by atoms with van der Waals surface area (Å²) in [4.78, 5) is 0. The molecule has 0 N–H and O–H groups in total.